The van der Waals surface area contributed by atoms with Crippen molar-refractivity contribution in [2.24, 2.45) is 0 Å². The quantitative estimate of drug-likeness (QED) is 0.377. The van der Waals surface area contributed by atoms with Crippen LogP contribution in [0.25, 0.3) is 0 Å². The van der Waals surface area contributed by atoms with Crippen molar-refractivity contribution in [3.8, 4) is 0 Å². The van der Waals surface area contributed by atoms with Gasteiger partial charge in [-0.1, -0.05) is 6.92 Å². The van der Waals surface area contributed by atoms with Crippen LogP contribution in [0.1, 0.15) is 13.3 Å². The number of aliphatic carboxylic acids is 1. The van der Waals surface area contributed by atoms with Crippen LogP contribution in [0.4, 0.5) is 0 Å². The maximum atomic E-state index is 11.3. The molecule has 2 saturated heterocycles. The molecule has 2 rings (SSSR count). The van der Waals surface area contributed by atoms with Gasteiger partial charge in [-0.15, -0.1) is 0 Å². The summed E-state index contributed by atoms with van der Waals surface area (Å²) in [5.41, 5.74) is 0. The van der Waals surface area contributed by atoms with E-state index in [1.54, 1.807) is 6.92 Å². The van der Waals surface area contributed by atoms with Gasteiger partial charge in [-0.05, 0) is 6.08 Å². The SMILES string of the molecule is CCS(=O)CC=C1OC2CC(=O)N2C1C(=O)[O-].[Li+]. The molecular formula is C10H12LiNO5S. The Morgan fingerprint density at radius 1 is 1.67 bits per heavy atom. The third-order valence-corrected chi connectivity index (χ3v) is 3.97. The molecule has 1 amide bonds. The monoisotopic (exact) mass is 265 g/mol. The number of amides is 1. The van der Waals surface area contributed by atoms with E-state index in [4.69, 9.17) is 4.74 Å². The number of carbonyl (C=O) groups is 2. The fourth-order valence-electron chi connectivity index (χ4n) is 1.85. The van der Waals surface area contributed by atoms with Crippen LogP contribution in [0.15, 0.2) is 11.8 Å². The molecule has 2 fully saturated rings. The Hall–Kier alpha value is -0.773. The standard InChI is InChI=1S/C10H13NO5S.Li/c1-2-17(15)4-3-6-9(10(13)14)11-7(12)5-8(11)16-6;/h3,8-9H,2,4-5H2,1H3,(H,13,14);/q;+1/p-1. The van der Waals surface area contributed by atoms with E-state index >= 15 is 0 Å². The van der Waals surface area contributed by atoms with Crippen molar-refractivity contribution < 1.29 is 42.5 Å². The predicted octanol–water partition coefficient (Wildman–Crippen LogP) is -4.65. The van der Waals surface area contributed by atoms with Gasteiger partial charge in [-0.2, -0.15) is 0 Å². The van der Waals surface area contributed by atoms with Crippen molar-refractivity contribution in [1.82, 2.24) is 4.90 Å². The summed E-state index contributed by atoms with van der Waals surface area (Å²) in [6.07, 6.45) is 1.18. The Morgan fingerprint density at radius 2 is 2.33 bits per heavy atom. The van der Waals surface area contributed by atoms with Gasteiger partial charge in [0.2, 0.25) is 5.91 Å². The Balaban J connectivity index is 0.00000162. The summed E-state index contributed by atoms with van der Waals surface area (Å²) in [6, 6.07) is -1.16. The summed E-state index contributed by atoms with van der Waals surface area (Å²) in [7, 11) is -1.04. The van der Waals surface area contributed by atoms with Crippen molar-refractivity contribution in [2.45, 2.75) is 25.6 Å². The van der Waals surface area contributed by atoms with E-state index in [2.05, 4.69) is 0 Å². The molecule has 0 spiro atoms. The van der Waals surface area contributed by atoms with E-state index in [-0.39, 0.29) is 42.7 Å². The van der Waals surface area contributed by atoms with Gasteiger partial charge in [0.15, 0.2) is 6.23 Å². The number of carboxylic acid groups (broad SMARTS) is 1. The summed E-state index contributed by atoms with van der Waals surface area (Å²) in [5, 5.41) is 11.0. The van der Waals surface area contributed by atoms with Gasteiger partial charge in [0.05, 0.1) is 12.4 Å². The molecule has 18 heavy (non-hydrogen) atoms. The second-order valence-corrected chi connectivity index (χ2v) is 5.59. The molecule has 6 nitrogen and oxygen atoms in total. The molecule has 3 atom stereocenters. The third-order valence-electron chi connectivity index (χ3n) is 2.78. The van der Waals surface area contributed by atoms with Crippen LogP contribution in [0, 0.1) is 0 Å². The van der Waals surface area contributed by atoms with Crippen LogP contribution in [-0.4, -0.2) is 44.8 Å². The Morgan fingerprint density at radius 3 is 2.83 bits per heavy atom. The summed E-state index contributed by atoms with van der Waals surface area (Å²) >= 11 is 0. The minimum atomic E-state index is -1.37. The first-order valence-corrected chi connectivity index (χ1v) is 6.77. The Labute approximate surface area is 119 Å². The largest absolute Gasteiger partial charge is 1.00 e. The maximum Gasteiger partial charge on any atom is 1.00 e. The number of nitrogens with zero attached hydrogens (tertiary/aromatic N) is 1. The Kier molecular flexibility index (Phi) is 5.02. The molecule has 0 radical (unpaired) electrons. The van der Waals surface area contributed by atoms with Gasteiger partial charge in [0.25, 0.3) is 0 Å². The third kappa shape index (κ3) is 2.63. The Bertz CT molecular complexity index is 424. The number of β-lactam (4-membered cyclic amide) rings is 1. The second kappa shape index (κ2) is 5.91. The smallest absolute Gasteiger partial charge is 0.547 e. The first-order valence-electron chi connectivity index (χ1n) is 5.28. The summed E-state index contributed by atoms with van der Waals surface area (Å²) in [4.78, 5) is 23.3. The van der Waals surface area contributed by atoms with Crippen LogP contribution < -0.4 is 24.0 Å². The predicted molar refractivity (Wildman–Crippen MR) is 56.8 cm³/mol. The average molecular weight is 265 g/mol. The number of carbonyl (C=O) groups excluding carboxylic acids is 2. The molecule has 8 heteroatoms. The fraction of sp³-hybridized carbons (Fsp3) is 0.600. The minimum Gasteiger partial charge on any atom is -0.547 e. The van der Waals surface area contributed by atoms with Crippen molar-refractivity contribution >= 4 is 22.7 Å². The van der Waals surface area contributed by atoms with Crippen LogP contribution >= 0.6 is 0 Å². The van der Waals surface area contributed by atoms with Crippen LogP contribution in [-0.2, 0) is 25.1 Å². The molecule has 0 bridgehead atoms. The minimum absolute atomic E-state index is 0. The van der Waals surface area contributed by atoms with E-state index in [0.717, 1.165) is 4.90 Å². The number of carboxylic acids is 1. The van der Waals surface area contributed by atoms with Gasteiger partial charge in [0, 0.05) is 22.3 Å². The summed E-state index contributed by atoms with van der Waals surface area (Å²) < 4.78 is 16.6. The molecular weight excluding hydrogens is 253 g/mol. The molecule has 0 aliphatic carbocycles. The fourth-order valence-corrected chi connectivity index (χ4v) is 2.44. The molecule has 2 heterocycles. The molecule has 0 aromatic carbocycles. The molecule has 2 aliphatic heterocycles. The van der Waals surface area contributed by atoms with Crippen molar-refractivity contribution in [3.63, 3.8) is 0 Å². The maximum absolute atomic E-state index is 11.3. The van der Waals surface area contributed by atoms with Gasteiger partial charge < -0.3 is 14.6 Å². The normalized spacial score (nSPS) is 29.1. The van der Waals surface area contributed by atoms with E-state index in [9.17, 15) is 18.9 Å². The molecule has 2 aliphatic rings. The van der Waals surface area contributed by atoms with Crippen molar-refractivity contribution in [2.75, 3.05) is 11.5 Å². The van der Waals surface area contributed by atoms with E-state index in [1.165, 1.54) is 6.08 Å². The first-order chi connectivity index (χ1) is 8.04. The zero-order valence-corrected chi connectivity index (χ0v) is 11.1. The number of fused-ring (bicyclic) bond motifs is 1. The molecule has 0 saturated carbocycles. The zero-order chi connectivity index (χ0) is 12.6. The first kappa shape index (κ1) is 15.3. The number of hydrogen-bond acceptors (Lipinski definition) is 5. The second-order valence-electron chi connectivity index (χ2n) is 3.80. The average Bonchev–Trinajstić information content (AvgIpc) is 2.58. The van der Waals surface area contributed by atoms with Gasteiger partial charge in [0.1, 0.15) is 11.8 Å². The molecule has 0 aromatic rings. The van der Waals surface area contributed by atoms with Gasteiger partial charge >= 0.3 is 18.9 Å². The number of hydrogen-bond donors (Lipinski definition) is 0. The zero-order valence-electron chi connectivity index (χ0n) is 10.3. The van der Waals surface area contributed by atoms with Crippen molar-refractivity contribution in [3.05, 3.63) is 11.8 Å². The van der Waals surface area contributed by atoms with E-state index < -0.39 is 29.0 Å². The topological polar surface area (TPSA) is 86.7 Å². The van der Waals surface area contributed by atoms with E-state index in [0.29, 0.717) is 5.75 Å². The summed E-state index contributed by atoms with van der Waals surface area (Å²) in [6.45, 7) is 1.77. The summed E-state index contributed by atoms with van der Waals surface area (Å²) in [5.74, 6) is -0.739. The van der Waals surface area contributed by atoms with Gasteiger partial charge in [-0.3, -0.25) is 13.9 Å². The number of ether oxygens (including phenoxy) is 1. The molecule has 0 aromatic heterocycles. The van der Waals surface area contributed by atoms with Crippen LogP contribution in [0.2, 0.25) is 0 Å². The molecule has 0 N–H and O–H groups in total. The number of rotatable bonds is 4. The molecule has 94 valence electrons. The molecule has 3 unspecified atom stereocenters. The van der Waals surface area contributed by atoms with E-state index in [1.807, 2.05) is 0 Å². The van der Waals surface area contributed by atoms with Crippen LogP contribution in [0.3, 0.4) is 0 Å². The van der Waals surface area contributed by atoms with Crippen molar-refractivity contribution in [1.29, 1.82) is 0 Å². The van der Waals surface area contributed by atoms with Gasteiger partial charge in [-0.25, -0.2) is 0 Å². The van der Waals surface area contributed by atoms with Crippen LogP contribution in [0.5, 0.6) is 0 Å².